The number of rotatable bonds is 3. The summed E-state index contributed by atoms with van der Waals surface area (Å²) in [5, 5.41) is 0. The second-order valence-corrected chi connectivity index (χ2v) is 6.63. The first kappa shape index (κ1) is 11.7. The Labute approximate surface area is 102 Å². The molecule has 1 aliphatic heterocycles. The summed E-state index contributed by atoms with van der Waals surface area (Å²) in [6, 6.07) is 4.24. The number of thioether (sulfide) groups is 1. The van der Waals surface area contributed by atoms with Gasteiger partial charge < -0.3 is 0 Å². The first-order valence-electron chi connectivity index (χ1n) is 5.66. The monoisotopic (exact) mass is 234 g/mol. The van der Waals surface area contributed by atoms with Gasteiger partial charge in [-0.3, -0.25) is 4.79 Å². The average Bonchev–Trinajstić information content (AvgIpc) is 2.89. The van der Waals surface area contributed by atoms with Crippen molar-refractivity contribution in [3.05, 3.63) is 34.4 Å². The van der Waals surface area contributed by atoms with E-state index in [0.29, 0.717) is 4.75 Å². The van der Waals surface area contributed by atoms with Gasteiger partial charge in [-0.1, -0.05) is 6.07 Å². The summed E-state index contributed by atoms with van der Waals surface area (Å²) < 4.78 is 0.453. The minimum Gasteiger partial charge on any atom is -0.295 e. The van der Waals surface area contributed by atoms with Gasteiger partial charge >= 0.3 is 0 Å². The van der Waals surface area contributed by atoms with Gasteiger partial charge in [-0.25, -0.2) is 0 Å². The fraction of sp³-hybridized carbons (Fsp3) is 0.500. The van der Waals surface area contributed by atoms with Crippen LogP contribution in [0.25, 0.3) is 0 Å². The Morgan fingerprint density at radius 3 is 2.50 bits per heavy atom. The lowest BCUT2D eigenvalue weighted by Crippen LogP contribution is -2.09. The van der Waals surface area contributed by atoms with Gasteiger partial charge in [0.2, 0.25) is 0 Å². The maximum Gasteiger partial charge on any atom is 0.160 e. The molecule has 0 aliphatic carbocycles. The molecule has 86 valence electrons. The Bertz CT molecular complexity index is 444. The Kier molecular flexibility index (Phi) is 2.87. The first-order chi connectivity index (χ1) is 7.41. The lowest BCUT2D eigenvalue weighted by atomic mass is 9.93. The van der Waals surface area contributed by atoms with Crippen LogP contribution in [0.15, 0.2) is 12.1 Å². The van der Waals surface area contributed by atoms with Crippen LogP contribution in [0.1, 0.15) is 40.9 Å². The van der Waals surface area contributed by atoms with Crippen molar-refractivity contribution in [1.82, 2.24) is 0 Å². The summed E-state index contributed by atoms with van der Waals surface area (Å²) in [5.74, 6) is 1.43. The molecule has 1 aromatic rings. The number of hydrogen-bond acceptors (Lipinski definition) is 2. The van der Waals surface area contributed by atoms with Crippen molar-refractivity contribution < 1.29 is 4.79 Å². The van der Waals surface area contributed by atoms with E-state index in [0.717, 1.165) is 17.5 Å². The molecule has 0 saturated carbocycles. The molecule has 0 amide bonds. The van der Waals surface area contributed by atoms with Crippen molar-refractivity contribution >= 4 is 17.5 Å². The lowest BCUT2D eigenvalue weighted by Gasteiger charge is -2.13. The number of carbonyl (C=O) groups excluding carboxylic acids is 1. The Morgan fingerprint density at radius 1 is 1.38 bits per heavy atom. The highest BCUT2D eigenvalue weighted by Crippen LogP contribution is 2.47. The van der Waals surface area contributed by atoms with Crippen molar-refractivity contribution in [2.75, 3.05) is 5.75 Å². The SMILES string of the molecule is CC(=O)c1cc(C)c(CC2(C)CS2)cc1C. The summed E-state index contributed by atoms with van der Waals surface area (Å²) in [6.07, 6.45) is 1.13. The second kappa shape index (κ2) is 3.92. The van der Waals surface area contributed by atoms with Crippen molar-refractivity contribution in [2.45, 2.75) is 38.9 Å². The molecular formula is C14H18OS. The highest BCUT2D eigenvalue weighted by Gasteiger charge is 2.38. The number of Topliss-reactive ketones (excluding diaryl/α,β-unsaturated/α-hetero) is 1. The van der Waals surface area contributed by atoms with E-state index in [1.165, 1.54) is 16.9 Å². The summed E-state index contributed by atoms with van der Waals surface area (Å²) in [6.45, 7) is 8.09. The fourth-order valence-corrected chi connectivity index (χ4v) is 2.68. The lowest BCUT2D eigenvalue weighted by molar-refractivity contribution is 0.101. The average molecular weight is 234 g/mol. The van der Waals surface area contributed by atoms with Crippen molar-refractivity contribution in [2.24, 2.45) is 0 Å². The predicted molar refractivity (Wildman–Crippen MR) is 70.5 cm³/mol. The maximum absolute atomic E-state index is 11.4. The van der Waals surface area contributed by atoms with E-state index in [9.17, 15) is 4.79 Å². The van der Waals surface area contributed by atoms with Crippen LogP contribution in [0.5, 0.6) is 0 Å². The topological polar surface area (TPSA) is 17.1 Å². The fourth-order valence-electron chi connectivity index (χ4n) is 2.07. The zero-order valence-electron chi connectivity index (χ0n) is 10.4. The first-order valence-corrected chi connectivity index (χ1v) is 6.65. The van der Waals surface area contributed by atoms with E-state index in [-0.39, 0.29) is 5.78 Å². The zero-order chi connectivity index (χ0) is 11.9. The molecule has 2 heteroatoms. The molecule has 0 aromatic heterocycles. The van der Waals surface area contributed by atoms with Crippen LogP contribution in [0.3, 0.4) is 0 Å². The molecule has 2 rings (SSSR count). The maximum atomic E-state index is 11.4. The van der Waals surface area contributed by atoms with Crippen molar-refractivity contribution in [3.63, 3.8) is 0 Å². The van der Waals surface area contributed by atoms with Gasteiger partial charge in [0.25, 0.3) is 0 Å². The molecule has 1 saturated heterocycles. The molecule has 0 bridgehead atoms. The van der Waals surface area contributed by atoms with E-state index in [4.69, 9.17) is 0 Å². The standard InChI is InChI=1S/C14H18OS/c1-9-6-13(11(3)15)10(2)5-12(9)7-14(4)8-16-14/h5-6H,7-8H2,1-4H3. The molecule has 0 radical (unpaired) electrons. The van der Waals surface area contributed by atoms with Gasteiger partial charge in [0.05, 0.1) is 0 Å². The van der Waals surface area contributed by atoms with E-state index in [2.05, 4.69) is 19.9 Å². The molecule has 1 unspecified atom stereocenters. The minimum absolute atomic E-state index is 0.166. The predicted octanol–water partition coefficient (Wildman–Crippen LogP) is 3.55. The molecule has 1 fully saturated rings. The van der Waals surface area contributed by atoms with E-state index in [1.807, 2.05) is 24.8 Å². The zero-order valence-corrected chi connectivity index (χ0v) is 11.2. The third-order valence-corrected chi connectivity index (χ3v) is 4.68. The molecule has 1 aliphatic rings. The third-order valence-electron chi connectivity index (χ3n) is 3.26. The Morgan fingerprint density at radius 2 is 2.00 bits per heavy atom. The van der Waals surface area contributed by atoms with Crippen molar-refractivity contribution in [1.29, 1.82) is 0 Å². The normalized spacial score (nSPS) is 23.2. The number of aryl methyl sites for hydroxylation is 2. The van der Waals surface area contributed by atoms with Crippen LogP contribution >= 0.6 is 11.8 Å². The number of ketones is 1. The summed E-state index contributed by atoms with van der Waals surface area (Å²) >= 11 is 2.02. The van der Waals surface area contributed by atoms with Gasteiger partial charge in [-0.15, -0.1) is 0 Å². The van der Waals surface area contributed by atoms with Crippen LogP contribution in [-0.4, -0.2) is 16.3 Å². The van der Waals surface area contributed by atoms with E-state index < -0.39 is 0 Å². The van der Waals surface area contributed by atoms with Crippen LogP contribution < -0.4 is 0 Å². The summed E-state index contributed by atoms with van der Waals surface area (Å²) in [7, 11) is 0. The van der Waals surface area contributed by atoms with Crippen LogP contribution in [-0.2, 0) is 6.42 Å². The van der Waals surface area contributed by atoms with Crippen LogP contribution in [0, 0.1) is 13.8 Å². The molecule has 0 N–H and O–H groups in total. The van der Waals surface area contributed by atoms with E-state index >= 15 is 0 Å². The Balaban J connectivity index is 2.33. The van der Waals surface area contributed by atoms with Crippen molar-refractivity contribution in [3.8, 4) is 0 Å². The summed E-state index contributed by atoms with van der Waals surface area (Å²) in [5.41, 5.74) is 4.64. The minimum atomic E-state index is 0.166. The van der Waals surface area contributed by atoms with Gasteiger partial charge in [-0.05, 0) is 56.9 Å². The van der Waals surface area contributed by atoms with Gasteiger partial charge in [0.1, 0.15) is 0 Å². The number of benzene rings is 1. The van der Waals surface area contributed by atoms with Crippen LogP contribution in [0.2, 0.25) is 0 Å². The third kappa shape index (κ3) is 2.32. The quantitative estimate of drug-likeness (QED) is 0.587. The highest BCUT2D eigenvalue weighted by atomic mass is 32.2. The molecule has 1 aromatic carbocycles. The smallest absolute Gasteiger partial charge is 0.160 e. The molecule has 1 atom stereocenters. The van der Waals surface area contributed by atoms with Gasteiger partial charge in [0, 0.05) is 16.1 Å². The largest absolute Gasteiger partial charge is 0.295 e. The van der Waals surface area contributed by atoms with Crippen LogP contribution in [0.4, 0.5) is 0 Å². The van der Waals surface area contributed by atoms with Gasteiger partial charge in [0.15, 0.2) is 5.78 Å². The molecular weight excluding hydrogens is 216 g/mol. The molecule has 0 spiro atoms. The number of hydrogen-bond donors (Lipinski definition) is 0. The van der Waals surface area contributed by atoms with Gasteiger partial charge in [-0.2, -0.15) is 11.8 Å². The summed E-state index contributed by atoms with van der Waals surface area (Å²) in [4.78, 5) is 11.4. The Hall–Kier alpha value is -0.760. The van der Waals surface area contributed by atoms with E-state index in [1.54, 1.807) is 6.92 Å². The second-order valence-electron chi connectivity index (χ2n) is 5.07. The molecule has 16 heavy (non-hydrogen) atoms. The molecule has 1 heterocycles. The molecule has 1 nitrogen and oxygen atoms in total. The highest BCUT2D eigenvalue weighted by molar-refractivity contribution is 8.07. The number of carbonyl (C=O) groups is 1.